The maximum Gasteiger partial charge on any atom is 0.0539 e. The average Bonchev–Trinajstić information content (AvgIpc) is 2.81. The van der Waals surface area contributed by atoms with Crippen LogP contribution in [0.2, 0.25) is 0 Å². The smallest absolute Gasteiger partial charge is 0.0539 e. The van der Waals surface area contributed by atoms with E-state index in [1.807, 2.05) is 0 Å². The molecule has 3 rings (SSSR count). The molecule has 1 spiro atoms. The van der Waals surface area contributed by atoms with Gasteiger partial charge >= 0.3 is 0 Å². The molecule has 2 nitrogen and oxygen atoms in total. The first-order chi connectivity index (χ1) is 9.00. The molecule has 19 heavy (non-hydrogen) atoms. The summed E-state index contributed by atoms with van der Waals surface area (Å²) in [6, 6.07) is 11.5. The average molecular weight is 258 g/mol. The van der Waals surface area contributed by atoms with Crippen molar-refractivity contribution in [2.24, 2.45) is 0 Å². The molecule has 0 N–H and O–H groups in total. The molecule has 2 aliphatic heterocycles. The van der Waals surface area contributed by atoms with Crippen LogP contribution in [0.5, 0.6) is 0 Å². The lowest BCUT2D eigenvalue weighted by molar-refractivity contribution is -0.190. The van der Waals surface area contributed by atoms with E-state index >= 15 is 0 Å². The maximum absolute atomic E-state index is 2.67. The maximum atomic E-state index is 2.67. The molecule has 2 fully saturated rings. The van der Waals surface area contributed by atoms with Crippen LogP contribution in [0, 0.1) is 0 Å². The molecule has 0 aliphatic carbocycles. The lowest BCUT2D eigenvalue weighted by Gasteiger charge is -2.70. The molecule has 1 aromatic rings. The standard InChI is InChI=1S/C17H26N2/c1-14-17(11-8-12-18(17)4)16(2,3)19(14)13-15-9-6-5-7-10-15/h5-7,9-10,14H,8,11-13H2,1-4H3. The van der Waals surface area contributed by atoms with E-state index in [4.69, 9.17) is 0 Å². The van der Waals surface area contributed by atoms with Gasteiger partial charge in [0.05, 0.1) is 5.54 Å². The molecule has 0 radical (unpaired) electrons. The number of likely N-dealkylation sites (N-methyl/N-ethyl adjacent to an activating group) is 1. The van der Waals surface area contributed by atoms with Crippen molar-refractivity contribution in [3.8, 4) is 0 Å². The Morgan fingerprint density at radius 3 is 2.42 bits per heavy atom. The third kappa shape index (κ3) is 1.63. The van der Waals surface area contributed by atoms with Gasteiger partial charge in [-0.1, -0.05) is 30.3 Å². The molecule has 0 aromatic heterocycles. The SMILES string of the molecule is CC1N(Cc2ccccc2)C(C)(C)C12CCCN2C. The van der Waals surface area contributed by atoms with Crippen molar-refractivity contribution in [3.05, 3.63) is 35.9 Å². The minimum absolute atomic E-state index is 0.271. The minimum atomic E-state index is 0.271. The number of benzene rings is 1. The van der Waals surface area contributed by atoms with Gasteiger partial charge in [-0.3, -0.25) is 9.80 Å². The van der Waals surface area contributed by atoms with Gasteiger partial charge in [-0.15, -0.1) is 0 Å². The van der Waals surface area contributed by atoms with Crippen LogP contribution < -0.4 is 0 Å². The van der Waals surface area contributed by atoms with Gasteiger partial charge in [0.25, 0.3) is 0 Å². The first-order valence-corrected chi connectivity index (χ1v) is 7.52. The van der Waals surface area contributed by atoms with Gasteiger partial charge in [0.1, 0.15) is 0 Å². The number of rotatable bonds is 2. The summed E-state index contributed by atoms with van der Waals surface area (Å²) in [4.78, 5) is 5.28. The van der Waals surface area contributed by atoms with Gasteiger partial charge in [0.2, 0.25) is 0 Å². The highest BCUT2D eigenvalue weighted by Gasteiger charge is 2.66. The van der Waals surface area contributed by atoms with Crippen LogP contribution in [0.25, 0.3) is 0 Å². The summed E-state index contributed by atoms with van der Waals surface area (Å²) >= 11 is 0. The first kappa shape index (κ1) is 13.1. The Morgan fingerprint density at radius 2 is 1.89 bits per heavy atom. The summed E-state index contributed by atoms with van der Waals surface area (Å²) in [5.41, 5.74) is 2.09. The van der Waals surface area contributed by atoms with E-state index in [2.05, 4.69) is 68.0 Å². The summed E-state index contributed by atoms with van der Waals surface area (Å²) in [6.45, 7) is 9.60. The van der Waals surface area contributed by atoms with Crippen molar-refractivity contribution >= 4 is 0 Å². The Hall–Kier alpha value is -0.860. The molecule has 2 heteroatoms. The molecule has 2 heterocycles. The molecule has 1 aromatic carbocycles. The lowest BCUT2D eigenvalue weighted by atomic mass is 9.62. The Balaban J connectivity index is 1.83. The largest absolute Gasteiger partial charge is 0.297 e. The Morgan fingerprint density at radius 1 is 1.21 bits per heavy atom. The fourth-order valence-electron chi connectivity index (χ4n) is 4.83. The van der Waals surface area contributed by atoms with Gasteiger partial charge in [-0.25, -0.2) is 0 Å². The molecule has 2 aliphatic rings. The summed E-state index contributed by atoms with van der Waals surface area (Å²) < 4.78 is 0. The van der Waals surface area contributed by atoms with Crippen molar-refractivity contribution in [1.29, 1.82) is 0 Å². The number of likely N-dealkylation sites (tertiary alicyclic amines) is 2. The second-order valence-corrected chi connectivity index (χ2v) is 6.80. The van der Waals surface area contributed by atoms with Crippen LogP contribution in [0.4, 0.5) is 0 Å². The summed E-state index contributed by atoms with van der Waals surface area (Å²) in [6.07, 6.45) is 2.70. The summed E-state index contributed by atoms with van der Waals surface area (Å²) in [7, 11) is 2.31. The molecular weight excluding hydrogens is 232 g/mol. The highest BCUT2D eigenvalue weighted by atomic mass is 15.4. The van der Waals surface area contributed by atoms with Crippen molar-refractivity contribution in [3.63, 3.8) is 0 Å². The molecule has 0 bridgehead atoms. The molecule has 0 amide bonds. The number of nitrogens with zero attached hydrogens (tertiary/aromatic N) is 2. The lowest BCUT2D eigenvalue weighted by Crippen LogP contribution is -2.84. The van der Waals surface area contributed by atoms with Crippen molar-refractivity contribution in [2.45, 2.75) is 57.3 Å². The van der Waals surface area contributed by atoms with E-state index in [9.17, 15) is 0 Å². The molecule has 2 atom stereocenters. The van der Waals surface area contributed by atoms with Crippen molar-refractivity contribution in [2.75, 3.05) is 13.6 Å². The first-order valence-electron chi connectivity index (χ1n) is 7.52. The monoisotopic (exact) mass is 258 g/mol. The van der Waals surface area contributed by atoms with Gasteiger partial charge in [-0.05, 0) is 52.8 Å². The van der Waals surface area contributed by atoms with E-state index in [1.54, 1.807) is 0 Å². The normalized spacial score (nSPS) is 34.6. The summed E-state index contributed by atoms with van der Waals surface area (Å²) in [5.74, 6) is 0. The van der Waals surface area contributed by atoms with Crippen LogP contribution in [0.15, 0.2) is 30.3 Å². The van der Waals surface area contributed by atoms with Gasteiger partial charge in [-0.2, -0.15) is 0 Å². The Bertz CT molecular complexity index is 454. The van der Waals surface area contributed by atoms with Crippen LogP contribution in [-0.2, 0) is 6.54 Å². The van der Waals surface area contributed by atoms with Crippen LogP contribution in [0.3, 0.4) is 0 Å². The van der Waals surface area contributed by atoms with Crippen molar-refractivity contribution < 1.29 is 0 Å². The molecule has 0 saturated carbocycles. The Labute approximate surface area is 117 Å². The van der Waals surface area contributed by atoms with E-state index in [-0.39, 0.29) is 5.54 Å². The molecule has 2 unspecified atom stereocenters. The number of hydrogen-bond donors (Lipinski definition) is 0. The second-order valence-electron chi connectivity index (χ2n) is 6.80. The van der Waals surface area contributed by atoms with E-state index < -0.39 is 0 Å². The van der Waals surface area contributed by atoms with Gasteiger partial charge in [0, 0.05) is 18.1 Å². The van der Waals surface area contributed by atoms with E-state index in [0.29, 0.717) is 11.6 Å². The van der Waals surface area contributed by atoms with Crippen LogP contribution in [0.1, 0.15) is 39.2 Å². The molecule has 104 valence electrons. The minimum Gasteiger partial charge on any atom is -0.297 e. The highest BCUT2D eigenvalue weighted by Crippen LogP contribution is 2.54. The fraction of sp³-hybridized carbons (Fsp3) is 0.647. The van der Waals surface area contributed by atoms with Crippen LogP contribution in [-0.4, -0.2) is 40.5 Å². The topological polar surface area (TPSA) is 6.48 Å². The number of hydrogen-bond acceptors (Lipinski definition) is 2. The quantitative estimate of drug-likeness (QED) is 0.804. The van der Waals surface area contributed by atoms with Crippen LogP contribution >= 0.6 is 0 Å². The second kappa shape index (κ2) is 4.32. The third-order valence-electron chi connectivity index (χ3n) is 5.86. The van der Waals surface area contributed by atoms with Gasteiger partial charge in [0.15, 0.2) is 0 Å². The zero-order chi connectivity index (χ0) is 13.7. The zero-order valence-corrected chi connectivity index (χ0v) is 12.7. The Kier molecular flexibility index (Phi) is 2.99. The summed E-state index contributed by atoms with van der Waals surface area (Å²) in [5, 5.41) is 0. The van der Waals surface area contributed by atoms with Crippen molar-refractivity contribution in [1.82, 2.24) is 9.80 Å². The molecular formula is C17H26N2. The van der Waals surface area contributed by atoms with E-state index in [1.165, 1.54) is 24.9 Å². The predicted molar refractivity (Wildman–Crippen MR) is 80.1 cm³/mol. The van der Waals surface area contributed by atoms with E-state index in [0.717, 1.165) is 6.54 Å². The van der Waals surface area contributed by atoms with Gasteiger partial charge < -0.3 is 0 Å². The zero-order valence-electron chi connectivity index (χ0n) is 12.7. The molecule has 2 saturated heterocycles. The highest BCUT2D eigenvalue weighted by molar-refractivity contribution is 5.26. The fourth-order valence-corrected chi connectivity index (χ4v) is 4.83. The predicted octanol–water partition coefficient (Wildman–Crippen LogP) is 3.13. The third-order valence-corrected chi connectivity index (χ3v) is 5.86.